The lowest BCUT2D eigenvalue weighted by atomic mass is 9.93. The fraction of sp³-hybridized carbons (Fsp3) is 0.286. The van der Waals surface area contributed by atoms with Crippen LogP contribution in [0.3, 0.4) is 0 Å². The molecule has 1 atom stereocenters. The van der Waals surface area contributed by atoms with Gasteiger partial charge in [-0.25, -0.2) is 4.79 Å². The van der Waals surface area contributed by atoms with E-state index in [2.05, 4.69) is 5.32 Å². The number of para-hydroxylation sites is 1. The maximum Gasteiger partial charge on any atom is 0.328 e. The molecule has 0 unspecified atom stereocenters. The van der Waals surface area contributed by atoms with Crippen molar-refractivity contribution in [2.24, 2.45) is 0 Å². The van der Waals surface area contributed by atoms with Crippen molar-refractivity contribution in [1.82, 2.24) is 5.32 Å². The summed E-state index contributed by atoms with van der Waals surface area (Å²) in [6, 6.07) is 20.0. The third-order valence-corrected chi connectivity index (χ3v) is 6.35. The van der Waals surface area contributed by atoms with Gasteiger partial charge >= 0.3 is 5.97 Å². The summed E-state index contributed by atoms with van der Waals surface area (Å²) in [5, 5.41) is 12.4. The Morgan fingerprint density at radius 1 is 1.03 bits per heavy atom. The molecule has 7 heteroatoms. The summed E-state index contributed by atoms with van der Waals surface area (Å²) in [6.07, 6.45) is 2.43. The normalized spacial score (nSPS) is 11.5. The molecular formula is C28H31NO5S. The van der Waals surface area contributed by atoms with Crippen molar-refractivity contribution < 1.29 is 24.2 Å². The number of amides is 1. The molecule has 1 amide bonds. The monoisotopic (exact) mass is 493 g/mol. The van der Waals surface area contributed by atoms with Crippen molar-refractivity contribution >= 4 is 23.6 Å². The zero-order valence-corrected chi connectivity index (χ0v) is 21.1. The number of benzene rings is 3. The van der Waals surface area contributed by atoms with Crippen molar-refractivity contribution in [3.63, 3.8) is 0 Å². The first kappa shape index (κ1) is 26.3. The van der Waals surface area contributed by atoms with Gasteiger partial charge in [-0.3, -0.25) is 4.79 Å². The van der Waals surface area contributed by atoms with Crippen molar-refractivity contribution in [1.29, 1.82) is 0 Å². The standard InChI is InChI=1S/C28H31NO5S/c1-19-8-4-6-10-22(19)24-16-20(18-34-26-11-7-5-9-21(26)17-30)12-13-23(24)27(31)29-25(14-15-35-3)28(32)33-2/h4-13,16,25,30H,14-15,17-18H2,1-3H3,(H,29,31)/t25-/m0/s1. The van der Waals surface area contributed by atoms with Crippen LogP contribution in [-0.4, -0.2) is 42.1 Å². The summed E-state index contributed by atoms with van der Waals surface area (Å²) in [5.74, 6) is 0.537. The SMILES string of the molecule is COC(=O)[C@H](CCSC)NC(=O)c1ccc(COc2ccccc2CO)cc1-c1ccccc1C. The van der Waals surface area contributed by atoms with E-state index in [-0.39, 0.29) is 19.1 Å². The first-order valence-corrected chi connectivity index (χ1v) is 12.8. The van der Waals surface area contributed by atoms with Gasteiger partial charge in [-0.1, -0.05) is 48.5 Å². The average Bonchev–Trinajstić information content (AvgIpc) is 2.89. The first-order valence-electron chi connectivity index (χ1n) is 11.4. The molecule has 3 rings (SSSR count). The van der Waals surface area contributed by atoms with Crippen molar-refractivity contribution in [2.45, 2.75) is 32.6 Å². The molecule has 0 radical (unpaired) electrons. The number of nitrogens with one attached hydrogen (secondary N) is 1. The molecule has 3 aromatic carbocycles. The van der Waals surface area contributed by atoms with Crippen LogP contribution >= 0.6 is 11.8 Å². The molecule has 6 nitrogen and oxygen atoms in total. The summed E-state index contributed by atoms with van der Waals surface area (Å²) in [6.45, 7) is 2.16. The molecule has 0 spiro atoms. The molecule has 0 saturated heterocycles. The minimum Gasteiger partial charge on any atom is -0.489 e. The molecule has 0 aliphatic carbocycles. The van der Waals surface area contributed by atoms with Gasteiger partial charge in [0.25, 0.3) is 5.91 Å². The van der Waals surface area contributed by atoms with Crippen LogP contribution < -0.4 is 10.1 Å². The Hall–Kier alpha value is -3.29. The van der Waals surface area contributed by atoms with E-state index in [1.54, 1.807) is 17.8 Å². The van der Waals surface area contributed by atoms with Gasteiger partial charge in [0.05, 0.1) is 13.7 Å². The second-order valence-corrected chi connectivity index (χ2v) is 9.07. The lowest BCUT2D eigenvalue weighted by molar-refractivity contribution is -0.142. The maximum atomic E-state index is 13.3. The van der Waals surface area contributed by atoms with Gasteiger partial charge in [-0.05, 0) is 65.8 Å². The lowest BCUT2D eigenvalue weighted by Gasteiger charge is -2.19. The number of hydrogen-bond acceptors (Lipinski definition) is 6. The van der Waals surface area contributed by atoms with Crippen LogP contribution in [-0.2, 0) is 22.7 Å². The second kappa shape index (κ2) is 13.0. The van der Waals surface area contributed by atoms with Gasteiger partial charge in [0.15, 0.2) is 0 Å². The topological polar surface area (TPSA) is 84.9 Å². The van der Waals surface area contributed by atoms with Crippen molar-refractivity contribution in [3.05, 3.63) is 89.0 Å². The van der Waals surface area contributed by atoms with Crippen LogP contribution in [0.15, 0.2) is 66.7 Å². The smallest absolute Gasteiger partial charge is 0.328 e. The summed E-state index contributed by atoms with van der Waals surface area (Å²) < 4.78 is 10.9. The number of ether oxygens (including phenoxy) is 2. The third kappa shape index (κ3) is 6.87. The van der Waals surface area contributed by atoms with Crippen LogP contribution in [0.4, 0.5) is 0 Å². The number of esters is 1. The van der Waals surface area contributed by atoms with Gasteiger partial charge in [-0.2, -0.15) is 11.8 Å². The minimum absolute atomic E-state index is 0.109. The molecule has 0 saturated carbocycles. The third-order valence-electron chi connectivity index (χ3n) is 5.70. The highest BCUT2D eigenvalue weighted by Gasteiger charge is 2.24. The van der Waals surface area contributed by atoms with Crippen LogP contribution in [0.5, 0.6) is 5.75 Å². The Morgan fingerprint density at radius 3 is 2.49 bits per heavy atom. The number of rotatable bonds is 11. The summed E-state index contributed by atoms with van der Waals surface area (Å²) >= 11 is 1.60. The number of carbonyl (C=O) groups excluding carboxylic acids is 2. The number of aryl methyl sites for hydroxylation is 1. The summed E-state index contributed by atoms with van der Waals surface area (Å²) in [5.41, 5.74) is 4.76. The fourth-order valence-electron chi connectivity index (χ4n) is 3.78. The van der Waals surface area contributed by atoms with Gasteiger partial charge in [0.2, 0.25) is 0 Å². The zero-order chi connectivity index (χ0) is 25.2. The average molecular weight is 494 g/mol. The Morgan fingerprint density at radius 2 is 1.77 bits per heavy atom. The molecule has 3 aromatic rings. The van der Waals surface area contributed by atoms with E-state index in [0.29, 0.717) is 23.3 Å². The van der Waals surface area contributed by atoms with E-state index < -0.39 is 12.0 Å². The first-order chi connectivity index (χ1) is 17.0. The zero-order valence-electron chi connectivity index (χ0n) is 20.2. The molecular weight excluding hydrogens is 462 g/mol. The summed E-state index contributed by atoms with van der Waals surface area (Å²) in [4.78, 5) is 25.6. The maximum absolute atomic E-state index is 13.3. The highest BCUT2D eigenvalue weighted by Crippen LogP contribution is 2.29. The second-order valence-electron chi connectivity index (χ2n) is 8.08. The quantitative estimate of drug-likeness (QED) is 0.375. The summed E-state index contributed by atoms with van der Waals surface area (Å²) in [7, 11) is 1.32. The van der Waals surface area contributed by atoms with Gasteiger partial charge in [-0.15, -0.1) is 0 Å². The molecule has 35 heavy (non-hydrogen) atoms. The largest absolute Gasteiger partial charge is 0.489 e. The Kier molecular flexibility index (Phi) is 9.76. The highest BCUT2D eigenvalue weighted by atomic mass is 32.2. The number of aliphatic hydroxyl groups is 1. The van der Waals surface area contributed by atoms with Crippen LogP contribution in [0.25, 0.3) is 11.1 Å². The van der Waals surface area contributed by atoms with Gasteiger partial charge in [0.1, 0.15) is 18.4 Å². The number of carbonyl (C=O) groups is 2. The predicted octanol–water partition coefficient (Wildman–Crippen LogP) is 4.76. The Bertz CT molecular complexity index is 1160. The molecule has 184 valence electrons. The van der Waals surface area contributed by atoms with E-state index in [1.165, 1.54) is 7.11 Å². The number of thioether (sulfide) groups is 1. The fourth-order valence-corrected chi connectivity index (χ4v) is 4.25. The highest BCUT2D eigenvalue weighted by molar-refractivity contribution is 7.98. The molecule has 2 N–H and O–H groups in total. The molecule has 0 aromatic heterocycles. The molecule has 0 aliphatic rings. The van der Waals surface area contributed by atoms with Crippen molar-refractivity contribution in [3.8, 4) is 16.9 Å². The molecule has 0 heterocycles. The van der Waals surface area contributed by atoms with Crippen molar-refractivity contribution in [2.75, 3.05) is 19.1 Å². The molecule has 0 aliphatic heterocycles. The van der Waals surface area contributed by atoms with Gasteiger partial charge in [0, 0.05) is 11.1 Å². The van der Waals surface area contributed by atoms with E-state index in [4.69, 9.17) is 9.47 Å². The minimum atomic E-state index is -0.720. The van der Waals surface area contributed by atoms with Crippen LogP contribution in [0, 0.1) is 6.92 Å². The molecule has 0 bridgehead atoms. The number of aliphatic hydroxyl groups excluding tert-OH is 1. The number of methoxy groups -OCH3 is 1. The predicted molar refractivity (Wildman–Crippen MR) is 140 cm³/mol. The Labute approximate surface area is 210 Å². The van der Waals surface area contributed by atoms with Gasteiger partial charge < -0.3 is 19.9 Å². The van der Waals surface area contributed by atoms with E-state index in [9.17, 15) is 14.7 Å². The Balaban J connectivity index is 1.93. The van der Waals surface area contributed by atoms with Crippen LogP contribution in [0.1, 0.15) is 33.5 Å². The van der Waals surface area contributed by atoms with E-state index in [1.807, 2.05) is 73.8 Å². The molecule has 0 fully saturated rings. The lowest BCUT2D eigenvalue weighted by Crippen LogP contribution is -2.42. The van der Waals surface area contributed by atoms with E-state index in [0.717, 1.165) is 28.0 Å². The van der Waals surface area contributed by atoms with E-state index >= 15 is 0 Å². The van der Waals surface area contributed by atoms with Crippen LogP contribution in [0.2, 0.25) is 0 Å². The number of hydrogen-bond donors (Lipinski definition) is 2.